The lowest BCUT2D eigenvalue weighted by molar-refractivity contribution is -0.297. The van der Waals surface area contributed by atoms with Crippen LogP contribution in [0.3, 0.4) is 0 Å². The number of ether oxygens (including phenoxy) is 3. The van der Waals surface area contributed by atoms with Gasteiger partial charge in [0.2, 0.25) is 0 Å². The van der Waals surface area contributed by atoms with Gasteiger partial charge in [-0.15, -0.1) is 0 Å². The molecule has 2 aromatic carbocycles. The molecule has 8 atom stereocenters. The number of anilines is 1. The Balaban J connectivity index is 1.19. The topological polar surface area (TPSA) is 172 Å². The Morgan fingerprint density at radius 1 is 1.12 bits per heavy atom. The molecule has 1 aromatic heterocycles. The minimum Gasteiger partial charge on any atom is -0.761 e. The van der Waals surface area contributed by atoms with Crippen LogP contribution in [0.15, 0.2) is 60.2 Å². The van der Waals surface area contributed by atoms with Crippen molar-refractivity contribution in [3.63, 3.8) is 0 Å². The first-order valence-corrected chi connectivity index (χ1v) is 18.9. The Morgan fingerprint density at radius 3 is 2.62 bits per heavy atom. The van der Waals surface area contributed by atoms with Crippen molar-refractivity contribution in [3.8, 4) is 5.75 Å². The van der Waals surface area contributed by atoms with E-state index in [0.717, 1.165) is 17.6 Å². The summed E-state index contributed by atoms with van der Waals surface area (Å²) in [6.07, 6.45) is 3.36. The summed E-state index contributed by atoms with van der Waals surface area (Å²) in [7, 11) is -4.47. The van der Waals surface area contributed by atoms with Gasteiger partial charge in [-0.1, -0.05) is 39.0 Å². The first-order valence-electron chi connectivity index (χ1n) is 17.5. The molecule has 7 rings (SSSR count). The summed E-state index contributed by atoms with van der Waals surface area (Å²) in [5.74, 6) is -1.63. The maximum absolute atomic E-state index is 13.6. The number of ketones is 1. The number of carbonyl (C=O) groups excluding carboxylic acids is 1. The molecule has 1 aliphatic heterocycles. The van der Waals surface area contributed by atoms with Gasteiger partial charge in [-0.3, -0.25) is 14.2 Å². The fourth-order valence-corrected chi connectivity index (χ4v) is 10.1. The van der Waals surface area contributed by atoms with Crippen LogP contribution in [0.2, 0.25) is 0 Å². The number of aromatic amines is 1. The zero-order valence-corrected chi connectivity index (χ0v) is 29.8. The molecular weight excluding hydrogens is 663 g/mol. The lowest BCUT2D eigenvalue weighted by Crippen LogP contribution is -2.74. The molecule has 4 aliphatic rings. The Bertz CT molecular complexity index is 1840. The number of nitrogens with one attached hydrogen (secondary N) is 2. The molecule has 4 unspecified atom stereocenters. The van der Waals surface area contributed by atoms with E-state index < -0.39 is 42.1 Å². The molecule has 0 amide bonds. The molecule has 2 saturated carbocycles. The number of fused-ring (bicyclic) bond motifs is 9. The van der Waals surface area contributed by atoms with E-state index in [1.807, 2.05) is 26.0 Å². The van der Waals surface area contributed by atoms with Crippen molar-refractivity contribution in [2.24, 2.45) is 17.3 Å². The highest BCUT2D eigenvalue weighted by Gasteiger charge is 2.75. The molecule has 3 aliphatic carbocycles. The van der Waals surface area contributed by atoms with Crippen LogP contribution >= 0.6 is 7.82 Å². The summed E-state index contributed by atoms with van der Waals surface area (Å²) in [5, 5.41) is 25.5. The second kappa shape index (κ2) is 12.9. The van der Waals surface area contributed by atoms with Crippen molar-refractivity contribution >= 4 is 30.2 Å². The van der Waals surface area contributed by atoms with Gasteiger partial charge in [-0.05, 0) is 80.5 Å². The number of benzene rings is 2. The quantitative estimate of drug-likeness (QED) is 0.0999. The third-order valence-corrected chi connectivity index (χ3v) is 13.0. The maximum Gasteiger partial charge on any atom is 0.527 e. The number of carbonyl (C=O) groups is 1. The Labute approximate surface area is 291 Å². The number of aromatic nitrogens is 1. The molecule has 0 radical (unpaired) electrons. The van der Waals surface area contributed by atoms with Gasteiger partial charge in [0.1, 0.15) is 11.4 Å². The number of para-hydroxylation sites is 1. The monoisotopic (exact) mass is 709 g/mol. The predicted molar refractivity (Wildman–Crippen MR) is 187 cm³/mol. The normalized spacial score (nSPS) is 34.5. The summed E-state index contributed by atoms with van der Waals surface area (Å²) >= 11 is 0. The van der Waals surface area contributed by atoms with Crippen LogP contribution in [-0.2, 0) is 39.9 Å². The van der Waals surface area contributed by atoms with E-state index in [9.17, 15) is 24.6 Å². The van der Waals surface area contributed by atoms with Crippen LogP contribution < -0.4 is 10.0 Å². The molecule has 0 bridgehead atoms. The van der Waals surface area contributed by atoms with Crippen molar-refractivity contribution in [2.75, 3.05) is 31.9 Å². The van der Waals surface area contributed by atoms with E-state index in [-0.39, 0.29) is 49.4 Å². The highest BCUT2D eigenvalue weighted by Crippen LogP contribution is 2.71. The molecule has 0 spiro atoms. The molecule has 4 N–H and O–H groups in total. The van der Waals surface area contributed by atoms with Crippen LogP contribution in [0.1, 0.15) is 64.6 Å². The zero-order chi connectivity index (χ0) is 35.5. The van der Waals surface area contributed by atoms with E-state index >= 15 is 0 Å². The molecule has 270 valence electrons. The highest BCUT2D eigenvalue weighted by molar-refractivity contribution is 7.47. The van der Waals surface area contributed by atoms with Gasteiger partial charge in [0.25, 0.3) is 0 Å². The maximum atomic E-state index is 13.6. The number of hydrogen-bond donors (Lipinski definition) is 4. The number of hydrogen-bond acceptors (Lipinski definition) is 10. The van der Waals surface area contributed by atoms with E-state index in [1.165, 1.54) is 35.2 Å². The standard InChI is InChI=1S/C37H46N2O10P/c1-5-46-36-16-15-34(3)35(4)24(19-28-27-9-6-7-10-29(27)38-33(28)35)20-32(37(34,41)31(36)21-30(40)23(2)22-47-36)45-17-8-18-48-50(43,44)49-26-13-11-25(39-42)12-14-26/h6-7,9-14,21,23-24,32,38-39,41H,5,8,15-20,22H2,1-4H3,(H,43,44)/q-1/t23?,24?,32-,34?,35+,36+,37-/m0/s1. The summed E-state index contributed by atoms with van der Waals surface area (Å²) < 4.78 is 42.5. The lowest BCUT2D eigenvalue weighted by atomic mass is 9.41. The zero-order valence-electron chi connectivity index (χ0n) is 28.9. The second-order valence-electron chi connectivity index (χ2n) is 14.6. The molecule has 12 nitrogen and oxygen atoms in total. The first-order chi connectivity index (χ1) is 23.8. The smallest absolute Gasteiger partial charge is 0.527 e. The van der Waals surface area contributed by atoms with Gasteiger partial charge in [0.05, 0.1) is 19.3 Å². The number of H-pyrrole nitrogens is 1. The van der Waals surface area contributed by atoms with Crippen LogP contribution in [0.5, 0.6) is 5.75 Å². The second-order valence-corrected chi connectivity index (χ2v) is 15.9. The Hall–Kier alpha value is -3.06. The van der Waals surface area contributed by atoms with Gasteiger partial charge in [0.15, 0.2) is 11.6 Å². The summed E-state index contributed by atoms with van der Waals surface area (Å²) in [6.45, 7) is 8.51. The number of phosphoric acid groups is 1. The molecule has 2 heterocycles. The molecule has 3 aromatic rings. The Morgan fingerprint density at radius 2 is 1.88 bits per heavy atom. The SMILES string of the molecule is CCO[C@@]12CCC3(C)[C@@]4(C)c5[nH]c6ccccc6c5CC4C[C@H](OCCCOP(=O)(O)Oc4ccc(N[O-])cc4)[C@@]3(O)C1=CC(=O)C(C)CO2. The number of aliphatic hydroxyl groups is 1. The van der Waals surface area contributed by atoms with Crippen molar-refractivity contribution < 1.29 is 42.6 Å². The number of allylic oxidation sites excluding steroid dienone is 1. The van der Waals surface area contributed by atoms with E-state index in [1.54, 1.807) is 11.6 Å². The van der Waals surface area contributed by atoms with Gasteiger partial charge in [-0.25, -0.2) is 4.57 Å². The van der Waals surface area contributed by atoms with Crippen molar-refractivity contribution in [1.82, 2.24) is 4.98 Å². The highest BCUT2D eigenvalue weighted by atomic mass is 31.2. The fraction of sp³-hybridized carbons (Fsp3) is 0.541. The first kappa shape index (κ1) is 35.3. The molecule has 2 fully saturated rings. The average molecular weight is 710 g/mol. The minimum absolute atomic E-state index is 0.0740. The van der Waals surface area contributed by atoms with Crippen LogP contribution in [-0.4, -0.2) is 64.7 Å². The molecule has 50 heavy (non-hydrogen) atoms. The fourth-order valence-electron chi connectivity index (χ4n) is 9.31. The summed E-state index contributed by atoms with van der Waals surface area (Å²) in [4.78, 5) is 27.6. The third-order valence-electron chi connectivity index (χ3n) is 12.1. The van der Waals surface area contributed by atoms with Gasteiger partial charge in [-0.2, -0.15) is 0 Å². The summed E-state index contributed by atoms with van der Waals surface area (Å²) in [5.41, 5.74) is 2.85. The van der Waals surface area contributed by atoms with Crippen molar-refractivity contribution in [2.45, 2.75) is 82.7 Å². The van der Waals surface area contributed by atoms with Crippen LogP contribution in [0, 0.1) is 22.5 Å². The van der Waals surface area contributed by atoms with Gasteiger partial charge in [0, 0.05) is 64.2 Å². The molecular formula is C37H46N2O10P-. The van der Waals surface area contributed by atoms with Crippen LogP contribution in [0.4, 0.5) is 5.69 Å². The molecule has 13 heteroatoms. The minimum atomic E-state index is -4.47. The lowest BCUT2D eigenvalue weighted by Gasteiger charge is -2.67. The average Bonchev–Trinajstić information content (AvgIpc) is 3.56. The number of rotatable bonds is 11. The Kier molecular flexibility index (Phi) is 9.09. The van der Waals surface area contributed by atoms with Crippen LogP contribution in [0.25, 0.3) is 10.9 Å². The largest absolute Gasteiger partial charge is 0.761 e. The summed E-state index contributed by atoms with van der Waals surface area (Å²) in [6, 6.07) is 13.9. The predicted octanol–water partition coefficient (Wildman–Crippen LogP) is 6.31. The van der Waals surface area contributed by atoms with E-state index in [4.69, 9.17) is 23.3 Å². The van der Waals surface area contributed by atoms with Gasteiger partial charge >= 0.3 is 7.82 Å². The third kappa shape index (κ3) is 5.38. The van der Waals surface area contributed by atoms with E-state index in [0.29, 0.717) is 31.4 Å². The number of phosphoric ester groups is 1. The molecule has 0 saturated heterocycles. The van der Waals surface area contributed by atoms with E-state index in [2.05, 4.69) is 31.0 Å². The van der Waals surface area contributed by atoms with Crippen molar-refractivity contribution in [1.29, 1.82) is 0 Å². The van der Waals surface area contributed by atoms with Gasteiger partial charge < -0.3 is 39.5 Å². The van der Waals surface area contributed by atoms with Crippen molar-refractivity contribution in [3.05, 3.63) is 76.6 Å².